The maximum absolute atomic E-state index is 13.3. The monoisotopic (exact) mass is 221 g/mol. The van der Waals surface area contributed by atoms with Crippen LogP contribution in [0.1, 0.15) is 49.6 Å². The van der Waals surface area contributed by atoms with Crippen LogP contribution in [0.15, 0.2) is 18.2 Å². The van der Waals surface area contributed by atoms with Crippen LogP contribution in [0, 0.1) is 6.92 Å². The Morgan fingerprint density at radius 2 is 1.94 bits per heavy atom. The summed E-state index contributed by atoms with van der Waals surface area (Å²) in [5.74, 6) is 0. The molecule has 1 aromatic rings. The Bertz CT molecular complexity index is 392. The van der Waals surface area contributed by atoms with E-state index in [0.717, 1.165) is 18.4 Å². The van der Waals surface area contributed by atoms with Crippen LogP contribution < -0.4 is 5.73 Å². The normalized spacial score (nSPS) is 21.6. The van der Waals surface area contributed by atoms with Gasteiger partial charge in [0.1, 0.15) is 6.17 Å². The Morgan fingerprint density at radius 1 is 1.31 bits per heavy atom. The van der Waals surface area contributed by atoms with E-state index in [9.17, 15) is 4.39 Å². The van der Waals surface area contributed by atoms with E-state index in [2.05, 4.69) is 13.8 Å². The number of halogens is 1. The molecule has 2 N–H and O–H groups in total. The van der Waals surface area contributed by atoms with Crippen molar-refractivity contribution in [2.24, 2.45) is 5.73 Å². The minimum Gasteiger partial charge on any atom is -0.327 e. The molecular weight excluding hydrogens is 201 g/mol. The summed E-state index contributed by atoms with van der Waals surface area (Å²) in [6, 6.07) is 6.05. The molecular formula is C14H20FN. The standard InChI is InChI=1S/C14H20FN/c1-9-4-5-12(10(2)15)8-13(9)14(6-7-14)11(3)16/h4-5,8,10-11H,6-7,16H2,1-3H3. The van der Waals surface area contributed by atoms with Gasteiger partial charge in [0.25, 0.3) is 0 Å². The SMILES string of the molecule is Cc1ccc(C(C)F)cc1C1(C(C)N)CC1. The van der Waals surface area contributed by atoms with Crippen LogP contribution in [-0.2, 0) is 5.41 Å². The van der Waals surface area contributed by atoms with Crippen molar-refractivity contribution < 1.29 is 4.39 Å². The molecule has 1 nitrogen and oxygen atoms in total. The van der Waals surface area contributed by atoms with Crippen molar-refractivity contribution in [1.82, 2.24) is 0 Å². The number of aryl methyl sites for hydroxylation is 1. The molecule has 1 fully saturated rings. The van der Waals surface area contributed by atoms with E-state index in [-0.39, 0.29) is 11.5 Å². The average Bonchev–Trinajstić information content (AvgIpc) is 2.98. The Labute approximate surface area is 96.9 Å². The van der Waals surface area contributed by atoms with Crippen LogP contribution in [0.25, 0.3) is 0 Å². The highest BCUT2D eigenvalue weighted by Crippen LogP contribution is 2.51. The number of rotatable bonds is 3. The Hall–Kier alpha value is -0.890. The summed E-state index contributed by atoms with van der Waals surface area (Å²) >= 11 is 0. The Balaban J connectivity index is 2.44. The van der Waals surface area contributed by atoms with E-state index in [0.29, 0.717) is 0 Å². The molecule has 2 heteroatoms. The summed E-state index contributed by atoms with van der Waals surface area (Å²) in [6.07, 6.45) is 1.37. The van der Waals surface area contributed by atoms with E-state index in [1.165, 1.54) is 11.1 Å². The summed E-state index contributed by atoms with van der Waals surface area (Å²) in [5, 5.41) is 0. The van der Waals surface area contributed by atoms with Crippen molar-refractivity contribution in [1.29, 1.82) is 0 Å². The molecule has 16 heavy (non-hydrogen) atoms. The summed E-state index contributed by atoms with van der Waals surface area (Å²) in [5.41, 5.74) is 9.45. The molecule has 0 aromatic heterocycles. The first-order valence-corrected chi connectivity index (χ1v) is 5.98. The highest BCUT2D eigenvalue weighted by atomic mass is 19.1. The molecule has 1 saturated carbocycles. The molecule has 0 amide bonds. The predicted molar refractivity (Wildman–Crippen MR) is 65.3 cm³/mol. The molecule has 2 unspecified atom stereocenters. The highest BCUT2D eigenvalue weighted by Gasteiger charge is 2.48. The third-order valence-electron chi connectivity index (χ3n) is 3.92. The quantitative estimate of drug-likeness (QED) is 0.831. The molecule has 0 spiro atoms. The van der Waals surface area contributed by atoms with Gasteiger partial charge in [-0.05, 0) is 50.3 Å². The van der Waals surface area contributed by atoms with E-state index < -0.39 is 6.17 Å². The third kappa shape index (κ3) is 1.75. The fraction of sp³-hybridized carbons (Fsp3) is 0.571. The highest BCUT2D eigenvalue weighted by molar-refractivity contribution is 5.42. The fourth-order valence-electron chi connectivity index (χ4n) is 2.53. The predicted octanol–water partition coefficient (Wildman–Crippen LogP) is 3.40. The lowest BCUT2D eigenvalue weighted by atomic mass is 9.85. The van der Waals surface area contributed by atoms with Crippen molar-refractivity contribution in [3.63, 3.8) is 0 Å². The molecule has 2 atom stereocenters. The summed E-state index contributed by atoms with van der Waals surface area (Å²) in [6.45, 7) is 5.72. The second-order valence-corrected chi connectivity index (χ2v) is 5.14. The molecule has 0 aliphatic heterocycles. The zero-order chi connectivity index (χ0) is 11.9. The average molecular weight is 221 g/mol. The second-order valence-electron chi connectivity index (χ2n) is 5.14. The van der Waals surface area contributed by atoms with Crippen LogP contribution in [0.2, 0.25) is 0 Å². The number of alkyl halides is 1. The Kier molecular flexibility index (Phi) is 2.79. The minimum atomic E-state index is -0.900. The van der Waals surface area contributed by atoms with Gasteiger partial charge in [0, 0.05) is 11.5 Å². The maximum Gasteiger partial charge on any atom is 0.122 e. The van der Waals surface area contributed by atoms with Crippen molar-refractivity contribution in [3.8, 4) is 0 Å². The maximum atomic E-state index is 13.3. The number of nitrogens with two attached hydrogens (primary N) is 1. The minimum absolute atomic E-state index is 0.120. The molecule has 0 bridgehead atoms. The first kappa shape index (κ1) is 11.6. The van der Waals surface area contributed by atoms with Gasteiger partial charge in [-0.25, -0.2) is 4.39 Å². The van der Waals surface area contributed by atoms with Gasteiger partial charge in [-0.1, -0.05) is 18.2 Å². The van der Waals surface area contributed by atoms with Gasteiger partial charge in [-0.15, -0.1) is 0 Å². The first-order valence-electron chi connectivity index (χ1n) is 5.98. The van der Waals surface area contributed by atoms with Gasteiger partial charge < -0.3 is 5.73 Å². The molecule has 1 aliphatic rings. The zero-order valence-electron chi connectivity index (χ0n) is 10.3. The lowest BCUT2D eigenvalue weighted by Gasteiger charge is -2.23. The van der Waals surface area contributed by atoms with E-state index in [1.807, 2.05) is 18.2 Å². The number of benzene rings is 1. The second kappa shape index (κ2) is 3.85. The van der Waals surface area contributed by atoms with Crippen molar-refractivity contribution >= 4 is 0 Å². The summed E-state index contributed by atoms with van der Waals surface area (Å²) in [7, 11) is 0. The third-order valence-corrected chi connectivity index (χ3v) is 3.92. The van der Waals surface area contributed by atoms with Crippen LogP contribution >= 0.6 is 0 Å². The van der Waals surface area contributed by atoms with Gasteiger partial charge in [0.15, 0.2) is 0 Å². The molecule has 0 radical (unpaired) electrons. The summed E-state index contributed by atoms with van der Waals surface area (Å²) < 4.78 is 13.3. The smallest absolute Gasteiger partial charge is 0.122 e. The lowest BCUT2D eigenvalue weighted by Crippen LogP contribution is -2.32. The topological polar surface area (TPSA) is 26.0 Å². The lowest BCUT2D eigenvalue weighted by molar-refractivity contribution is 0.373. The molecule has 0 saturated heterocycles. The number of hydrogen-bond acceptors (Lipinski definition) is 1. The Morgan fingerprint density at radius 3 is 2.38 bits per heavy atom. The van der Waals surface area contributed by atoms with Crippen LogP contribution in [-0.4, -0.2) is 6.04 Å². The van der Waals surface area contributed by atoms with Gasteiger partial charge in [-0.3, -0.25) is 0 Å². The largest absolute Gasteiger partial charge is 0.327 e. The molecule has 1 aromatic carbocycles. The van der Waals surface area contributed by atoms with Gasteiger partial charge >= 0.3 is 0 Å². The molecule has 88 valence electrons. The molecule has 1 aliphatic carbocycles. The van der Waals surface area contributed by atoms with Crippen LogP contribution in [0.3, 0.4) is 0 Å². The fourth-order valence-corrected chi connectivity index (χ4v) is 2.53. The van der Waals surface area contributed by atoms with Crippen LogP contribution in [0.4, 0.5) is 4.39 Å². The van der Waals surface area contributed by atoms with Crippen molar-refractivity contribution in [3.05, 3.63) is 34.9 Å². The van der Waals surface area contributed by atoms with E-state index in [4.69, 9.17) is 5.73 Å². The van der Waals surface area contributed by atoms with Gasteiger partial charge in [0.2, 0.25) is 0 Å². The molecule has 2 rings (SSSR count). The first-order chi connectivity index (χ1) is 7.47. The molecule has 0 heterocycles. The number of hydrogen-bond donors (Lipinski definition) is 1. The van der Waals surface area contributed by atoms with Crippen molar-refractivity contribution in [2.45, 2.75) is 51.2 Å². The zero-order valence-corrected chi connectivity index (χ0v) is 10.3. The summed E-state index contributed by atoms with van der Waals surface area (Å²) in [4.78, 5) is 0. The van der Waals surface area contributed by atoms with E-state index in [1.54, 1.807) is 6.92 Å². The van der Waals surface area contributed by atoms with Crippen molar-refractivity contribution in [2.75, 3.05) is 0 Å². The van der Waals surface area contributed by atoms with Crippen LogP contribution in [0.5, 0.6) is 0 Å². The van der Waals surface area contributed by atoms with Gasteiger partial charge in [-0.2, -0.15) is 0 Å². The van der Waals surface area contributed by atoms with E-state index >= 15 is 0 Å². The van der Waals surface area contributed by atoms with Gasteiger partial charge in [0.05, 0.1) is 0 Å².